The second kappa shape index (κ2) is 7.03. The van der Waals surface area contributed by atoms with E-state index >= 15 is 0 Å². The van der Waals surface area contributed by atoms with Crippen LogP contribution in [-0.4, -0.2) is 27.2 Å². The number of hydrogen-bond donors (Lipinski definition) is 2. The van der Waals surface area contributed by atoms with Crippen LogP contribution in [-0.2, 0) is 0 Å². The summed E-state index contributed by atoms with van der Waals surface area (Å²) >= 11 is 0. The zero-order valence-corrected chi connectivity index (χ0v) is 14.6. The zero-order valence-electron chi connectivity index (χ0n) is 14.6. The third kappa shape index (κ3) is 3.20. The number of urea groups is 1. The number of ether oxygens (including phenoxy) is 1. The van der Waals surface area contributed by atoms with E-state index in [0.29, 0.717) is 35.3 Å². The fourth-order valence-corrected chi connectivity index (χ4v) is 2.99. The lowest BCUT2D eigenvalue weighted by molar-refractivity contribution is 0.262. The molecule has 1 aromatic carbocycles. The Labute approximate surface area is 151 Å². The Morgan fingerprint density at radius 2 is 1.96 bits per heavy atom. The number of aromatic nitrogens is 3. The molecular formula is C19H21N5O2. The van der Waals surface area contributed by atoms with Gasteiger partial charge in [0, 0.05) is 12.1 Å². The molecule has 0 aliphatic heterocycles. The molecule has 1 saturated carbocycles. The summed E-state index contributed by atoms with van der Waals surface area (Å²) < 4.78 is 7.26. The highest BCUT2D eigenvalue weighted by molar-refractivity contribution is 6.02. The number of nitrogens with zero attached hydrogens (tertiary/aromatic N) is 3. The molecule has 0 radical (unpaired) electrons. The number of fused-ring (bicyclic) bond motifs is 1. The first-order valence-corrected chi connectivity index (χ1v) is 8.89. The van der Waals surface area contributed by atoms with E-state index in [4.69, 9.17) is 4.74 Å². The molecular weight excluding hydrogens is 330 g/mol. The molecule has 2 N–H and O–H groups in total. The Balaban J connectivity index is 1.53. The van der Waals surface area contributed by atoms with Crippen LogP contribution in [0.3, 0.4) is 0 Å². The van der Waals surface area contributed by atoms with E-state index in [-0.39, 0.29) is 6.03 Å². The summed E-state index contributed by atoms with van der Waals surface area (Å²) in [7, 11) is 0. The van der Waals surface area contributed by atoms with Crippen LogP contribution in [0.2, 0.25) is 0 Å². The maximum Gasteiger partial charge on any atom is 0.323 e. The van der Waals surface area contributed by atoms with Crippen molar-refractivity contribution in [1.29, 1.82) is 0 Å². The van der Waals surface area contributed by atoms with Gasteiger partial charge in [-0.3, -0.25) is 0 Å². The summed E-state index contributed by atoms with van der Waals surface area (Å²) in [5, 5.41) is 10.2. The lowest BCUT2D eigenvalue weighted by Gasteiger charge is -2.21. The normalized spacial score (nSPS) is 14.0. The van der Waals surface area contributed by atoms with E-state index < -0.39 is 0 Å². The number of hydrogen-bond acceptors (Lipinski definition) is 4. The molecule has 0 unspecified atom stereocenters. The molecule has 26 heavy (non-hydrogen) atoms. The second-order valence-corrected chi connectivity index (χ2v) is 6.30. The van der Waals surface area contributed by atoms with Gasteiger partial charge in [-0.25, -0.2) is 14.3 Å². The summed E-state index contributed by atoms with van der Waals surface area (Å²) in [6.45, 7) is 2.44. The predicted molar refractivity (Wildman–Crippen MR) is 99.8 cm³/mol. The Morgan fingerprint density at radius 1 is 1.19 bits per heavy atom. The first kappa shape index (κ1) is 16.4. The van der Waals surface area contributed by atoms with E-state index in [1.54, 1.807) is 10.6 Å². The lowest BCUT2D eigenvalue weighted by atomic mass is 9.85. The lowest BCUT2D eigenvalue weighted by Crippen LogP contribution is -2.20. The van der Waals surface area contributed by atoms with Crippen molar-refractivity contribution in [3.63, 3.8) is 0 Å². The van der Waals surface area contributed by atoms with Crippen LogP contribution in [0.4, 0.5) is 16.2 Å². The monoisotopic (exact) mass is 351 g/mol. The minimum absolute atomic E-state index is 0.349. The Morgan fingerprint density at radius 3 is 2.73 bits per heavy atom. The van der Waals surface area contributed by atoms with Crippen molar-refractivity contribution < 1.29 is 9.53 Å². The smallest absolute Gasteiger partial charge is 0.323 e. The SMILES string of the molecule is CCOc1ccccc1NC(=O)Nc1cccn2nc(C3CCC3)nc12. The number of benzene rings is 1. The summed E-state index contributed by atoms with van der Waals surface area (Å²) in [4.78, 5) is 17.1. The average molecular weight is 351 g/mol. The van der Waals surface area contributed by atoms with Gasteiger partial charge in [-0.1, -0.05) is 18.6 Å². The Hall–Kier alpha value is -3.09. The number of anilines is 2. The van der Waals surface area contributed by atoms with Gasteiger partial charge in [0.2, 0.25) is 0 Å². The fourth-order valence-electron chi connectivity index (χ4n) is 2.99. The van der Waals surface area contributed by atoms with Gasteiger partial charge in [0.05, 0.1) is 18.0 Å². The topological polar surface area (TPSA) is 80.5 Å². The molecule has 134 valence electrons. The minimum Gasteiger partial charge on any atom is -0.492 e. The van der Waals surface area contributed by atoms with Gasteiger partial charge in [-0.15, -0.1) is 0 Å². The summed E-state index contributed by atoms with van der Waals surface area (Å²) in [5.41, 5.74) is 1.90. The largest absolute Gasteiger partial charge is 0.492 e. The summed E-state index contributed by atoms with van der Waals surface area (Å²) in [5.74, 6) is 1.93. The van der Waals surface area contributed by atoms with Gasteiger partial charge < -0.3 is 15.4 Å². The van der Waals surface area contributed by atoms with Crippen molar-refractivity contribution in [1.82, 2.24) is 14.6 Å². The standard InChI is InChI=1S/C19H21N5O2/c1-2-26-16-11-4-3-9-14(16)20-19(25)21-15-10-6-12-24-18(15)22-17(23-24)13-7-5-8-13/h3-4,6,9-13H,2,5,7-8H2,1H3,(H2,20,21,25). The number of amides is 2. The number of carbonyl (C=O) groups is 1. The molecule has 0 saturated heterocycles. The van der Waals surface area contributed by atoms with Gasteiger partial charge in [-0.2, -0.15) is 5.10 Å². The molecule has 7 heteroatoms. The van der Waals surface area contributed by atoms with Crippen LogP contribution in [0.1, 0.15) is 37.9 Å². The molecule has 3 aromatic rings. The first-order valence-electron chi connectivity index (χ1n) is 8.89. The van der Waals surface area contributed by atoms with Crippen LogP contribution in [0.25, 0.3) is 5.65 Å². The zero-order chi connectivity index (χ0) is 17.9. The third-order valence-electron chi connectivity index (χ3n) is 4.53. The molecule has 2 amide bonds. The van der Waals surface area contributed by atoms with Gasteiger partial charge in [0.15, 0.2) is 11.5 Å². The Kier molecular flexibility index (Phi) is 4.43. The maximum atomic E-state index is 12.5. The highest BCUT2D eigenvalue weighted by Crippen LogP contribution is 2.35. The molecule has 1 aliphatic carbocycles. The number of pyridine rings is 1. The van der Waals surface area contributed by atoms with Gasteiger partial charge in [0.25, 0.3) is 0 Å². The van der Waals surface area contributed by atoms with Crippen molar-refractivity contribution in [2.75, 3.05) is 17.2 Å². The van der Waals surface area contributed by atoms with Crippen molar-refractivity contribution in [3.8, 4) is 5.75 Å². The number of carbonyl (C=O) groups excluding carboxylic acids is 1. The van der Waals surface area contributed by atoms with Crippen LogP contribution in [0.15, 0.2) is 42.6 Å². The average Bonchev–Trinajstić information content (AvgIpc) is 2.99. The van der Waals surface area contributed by atoms with Crippen LogP contribution >= 0.6 is 0 Å². The Bertz CT molecular complexity index is 933. The molecule has 0 atom stereocenters. The van der Waals surface area contributed by atoms with E-state index in [0.717, 1.165) is 18.7 Å². The van der Waals surface area contributed by atoms with Crippen LogP contribution < -0.4 is 15.4 Å². The van der Waals surface area contributed by atoms with Crippen molar-refractivity contribution in [2.24, 2.45) is 0 Å². The molecule has 7 nitrogen and oxygen atoms in total. The summed E-state index contributed by atoms with van der Waals surface area (Å²) in [6, 6.07) is 10.7. The quantitative estimate of drug-likeness (QED) is 0.727. The molecule has 2 heterocycles. The number of para-hydroxylation sites is 2. The molecule has 4 rings (SSSR count). The van der Waals surface area contributed by atoms with Gasteiger partial charge >= 0.3 is 6.03 Å². The highest BCUT2D eigenvalue weighted by Gasteiger charge is 2.24. The van der Waals surface area contributed by atoms with E-state index in [9.17, 15) is 4.79 Å². The molecule has 2 aromatic heterocycles. The van der Waals surface area contributed by atoms with E-state index in [2.05, 4.69) is 20.7 Å². The highest BCUT2D eigenvalue weighted by atomic mass is 16.5. The number of nitrogens with one attached hydrogen (secondary N) is 2. The molecule has 1 aliphatic rings. The van der Waals surface area contributed by atoms with E-state index in [1.165, 1.54) is 6.42 Å². The predicted octanol–water partition coefficient (Wildman–Crippen LogP) is 4.04. The number of rotatable bonds is 5. The van der Waals surface area contributed by atoms with Crippen LogP contribution in [0, 0.1) is 0 Å². The minimum atomic E-state index is -0.349. The van der Waals surface area contributed by atoms with Crippen LogP contribution in [0.5, 0.6) is 5.75 Å². The molecule has 0 bridgehead atoms. The summed E-state index contributed by atoms with van der Waals surface area (Å²) in [6.07, 6.45) is 5.34. The molecule has 1 fully saturated rings. The third-order valence-corrected chi connectivity index (χ3v) is 4.53. The van der Waals surface area contributed by atoms with Gasteiger partial charge in [0.1, 0.15) is 5.75 Å². The van der Waals surface area contributed by atoms with Crippen molar-refractivity contribution in [3.05, 3.63) is 48.4 Å². The fraction of sp³-hybridized carbons (Fsp3) is 0.316. The van der Waals surface area contributed by atoms with Crippen molar-refractivity contribution >= 4 is 23.1 Å². The molecule has 0 spiro atoms. The van der Waals surface area contributed by atoms with Gasteiger partial charge in [-0.05, 0) is 44.0 Å². The maximum absolute atomic E-state index is 12.5. The second-order valence-electron chi connectivity index (χ2n) is 6.30. The first-order chi connectivity index (χ1) is 12.7. The van der Waals surface area contributed by atoms with Crippen molar-refractivity contribution in [2.45, 2.75) is 32.1 Å². The van der Waals surface area contributed by atoms with E-state index in [1.807, 2.05) is 43.5 Å².